The predicted molar refractivity (Wildman–Crippen MR) is 61.1 cm³/mol. The number of halogens is 3. The van der Waals surface area contributed by atoms with E-state index in [1.165, 1.54) is 24.3 Å². The molecular formula is C13H8F3NO2. The summed E-state index contributed by atoms with van der Waals surface area (Å²) in [6.07, 6.45) is -2.24. The molecule has 0 N–H and O–H groups in total. The highest BCUT2D eigenvalue weighted by molar-refractivity contribution is 5.75. The third-order valence-corrected chi connectivity index (χ3v) is 2.28. The summed E-state index contributed by atoms with van der Waals surface area (Å²) in [5.74, 6) is -1.10. The maximum absolute atomic E-state index is 13.5. The topological polar surface area (TPSA) is 39.2 Å². The van der Waals surface area contributed by atoms with Gasteiger partial charge in [0.05, 0.1) is 0 Å². The van der Waals surface area contributed by atoms with E-state index in [4.69, 9.17) is 4.74 Å². The average Bonchev–Trinajstić information content (AvgIpc) is 2.41. The second-order valence-corrected chi connectivity index (χ2v) is 3.61. The van der Waals surface area contributed by atoms with Crippen molar-refractivity contribution in [3.63, 3.8) is 0 Å². The highest BCUT2D eigenvalue weighted by atomic mass is 19.3. The van der Waals surface area contributed by atoms with Crippen LogP contribution in [0.2, 0.25) is 0 Å². The molecule has 0 fully saturated rings. The third kappa shape index (κ3) is 3.09. The molecule has 2 rings (SSSR count). The van der Waals surface area contributed by atoms with E-state index in [1.807, 2.05) is 0 Å². The molecule has 0 unspecified atom stereocenters. The Kier molecular flexibility index (Phi) is 3.79. The molecule has 1 aromatic heterocycles. The Morgan fingerprint density at radius 2 is 2.00 bits per heavy atom. The Morgan fingerprint density at radius 1 is 1.21 bits per heavy atom. The summed E-state index contributed by atoms with van der Waals surface area (Å²) in [7, 11) is 0. The van der Waals surface area contributed by atoms with E-state index in [0.29, 0.717) is 6.29 Å². The molecule has 0 spiro atoms. The smallest absolute Gasteiger partial charge is 0.280 e. The van der Waals surface area contributed by atoms with Crippen molar-refractivity contribution < 1.29 is 22.7 Å². The van der Waals surface area contributed by atoms with Crippen LogP contribution in [0.1, 0.15) is 22.5 Å². The minimum absolute atomic E-state index is 0.143. The molecule has 0 saturated heterocycles. The van der Waals surface area contributed by atoms with Crippen LogP contribution in [0.15, 0.2) is 36.4 Å². The van der Waals surface area contributed by atoms with E-state index in [1.54, 1.807) is 0 Å². The summed E-state index contributed by atoms with van der Waals surface area (Å²) < 4.78 is 43.5. The van der Waals surface area contributed by atoms with Crippen LogP contribution in [-0.4, -0.2) is 11.3 Å². The number of ether oxygens (including phenoxy) is 1. The van der Waals surface area contributed by atoms with Gasteiger partial charge in [0.1, 0.15) is 12.0 Å². The fourth-order valence-corrected chi connectivity index (χ4v) is 1.39. The van der Waals surface area contributed by atoms with Gasteiger partial charge in [0, 0.05) is 11.6 Å². The lowest BCUT2D eigenvalue weighted by Crippen LogP contribution is -1.95. The standard InChI is InChI=1S/C13H8F3NO2/c14-9-6-8(7-18)4-5-11(9)19-12-3-1-2-10(17-12)13(15)16/h1-7,13H. The van der Waals surface area contributed by atoms with Gasteiger partial charge in [0.2, 0.25) is 5.88 Å². The molecule has 98 valence electrons. The molecule has 19 heavy (non-hydrogen) atoms. The second kappa shape index (κ2) is 5.51. The van der Waals surface area contributed by atoms with Crippen molar-refractivity contribution in [2.75, 3.05) is 0 Å². The van der Waals surface area contributed by atoms with Gasteiger partial charge in [0.15, 0.2) is 11.6 Å². The van der Waals surface area contributed by atoms with Crippen LogP contribution in [0.25, 0.3) is 0 Å². The zero-order valence-electron chi connectivity index (χ0n) is 9.52. The summed E-state index contributed by atoms with van der Waals surface area (Å²) in [5.41, 5.74) is -0.304. The molecule has 0 atom stereocenters. The van der Waals surface area contributed by atoms with Gasteiger partial charge in [-0.3, -0.25) is 4.79 Å². The normalized spacial score (nSPS) is 10.5. The third-order valence-electron chi connectivity index (χ3n) is 2.28. The first-order valence-corrected chi connectivity index (χ1v) is 5.28. The SMILES string of the molecule is O=Cc1ccc(Oc2cccc(C(F)F)n2)c(F)c1. The molecule has 1 heterocycles. The number of hydrogen-bond donors (Lipinski definition) is 0. The lowest BCUT2D eigenvalue weighted by molar-refractivity contribution is 0.112. The van der Waals surface area contributed by atoms with Crippen LogP contribution in [0.5, 0.6) is 11.6 Å². The summed E-state index contributed by atoms with van der Waals surface area (Å²) in [6, 6.07) is 7.38. The summed E-state index contributed by atoms with van der Waals surface area (Å²) in [4.78, 5) is 14.0. The molecule has 6 heteroatoms. The number of benzene rings is 1. The van der Waals surface area contributed by atoms with Crippen LogP contribution in [0.3, 0.4) is 0 Å². The monoisotopic (exact) mass is 267 g/mol. The fourth-order valence-electron chi connectivity index (χ4n) is 1.39. The van der Waals surface area contributed by atoms with Crippen molar-refractivity contribution in [2.24, 2.45) is 0 Å². The number of pyridine rings is 1. The van der Waals surface area contributed by atoms with Gasteiger partial charge < -0.3 is 4.74 Å². The highest BCUT2D eigenvalue weighted by Gasteiger charge is 2.11. The molecule has 0 radical (unpaired) electrons. The zero-order chi connectivity index (χ0) is 13.8. The minimum Gasteiger partial charge on any atom is -0.436 e. The highest BCUT2D eigenvalue weighted by Crippen LogP contribution is 2.25. The van der Waals surface area contributed by atoms with Crippen LogP contribution in [0.4, 0.5) is 13.2 Å². The molecule has 0 aliphatic rings. The van der Waals surface area contributed by atoms with E-state index in [2.05, 4.69) is 4.98 Å². The van der Waals surface area contributed by atoms with Gasteiger partial charge >= 0.3 is 0 Å². The van der Waals surface area contributed by atoms with Crippen molar-refractivity contribution >= 4 is 6.29 Å². The van der Waals surface area contributed by atoms with Crippen LogP contribution in [-0.2, 0) is 0 Å². The molecule has 0 aliphatic carbocycles. The van der Waals surface area contributed by atoms with Gasteiger partial charge in [-0.05, 0) is 24.3 Å². The molecule has 0 amide bonds. The first-order chi connectivity index (χ1) is 9.10. The number of hydrogen-bond acceptors (Lipinski definition) is 3. The van der Waals surface area contributed by atoms with Crippen molar-refractivity contribution in [1.29, 1.82) is 0 Å². The number of carbonyl (C=O) groups excluding carboxylic acids is 1. The van der Waals surface area contributed by atoms with Crippen molar-refractivity contribution in [2.45, 2.75) is 6.43 Å². The fraction of sp³-hybridized carbons (Fsp3) is 0.0769. The molecule has 1 aromatic carbocycles. The van der Waals surface area contributed by atoms with E-state index in [-0.39, 0.29) is 17.2 Å². The van der Waals surface area contributed by atoms with Crippen molar-refractivity contribution in [3.05, 3.63) is 53.5 Å². The first-order valence-electron chi connectivity index (χ1n) is 5.28. The molecule has 3 nitrogen and oxygen atoms in total. The van der Waals surface area contributed by atoms with Crippen LogP contribution in [0, 0.1) is 5.82 Å². The summed E-state index contributed by atoms with van der Waals surface area (Å²) in [6.45, 7) is 0. The largest absolute Gasteiger partial charge is 0.436 e. The Bertz CT molecular complexity index is 602. The van der Waals surface area contributed by atoms with Gasteiger partial charge in [-0.2, -0.15) is 0 Å². The molecular weight excluding hydrogens is 259 g/mol. The number of alkyl halides is 2. The van der Waals surface area contributed by atoms with Crippen molar-refractivity contribution in [1.82, 2.24) is 4.98 Å². The number of aldehydes is 1. The minimum atomic E-state index is -2.73. The lowest BCUT2D eigenvalue weighted by Gasteiger charge is -2.07. The Labute approximate surface area is 106 Å². The summed E-state index contributed by atoms with van der Waals surface area (Å²) in [5, 5.41) is 0. The van der Waals surface area contributed by atoms with E-state index in [0.717, 1.165) is 12.1 Å². The van der Waals surface area contributed by atoms with Gasteiger partial charge in [-0.15, -0.1) is 0 Å². The Hall–Kier alpha value is -2.37. The number of nitrogens with zero attached hydrogens (tertiary/aromatic N) is 1. The van der Waals surface area contributed by atoms with Crippen molar-refractivity contribution in [3.8, 4) is 11.6 Å². The maximum Gasteiger partial charge on any atom is 0.280 e. The first kappa shape index (κ1) is 13.1. The average molecular weight is 267 g/mol. The Morgan fingerprint density at radius 3 is 2.63 bits per heavy atom. The predicted octanol–water partition coefficient (Wildman–Crippen LogP) is 3.76. The Balaban J connectivity index is 2.26. The number of aromatic nitrogens is 1. The molecule has 0 saturated carbocycles. The molecule has 0 bridgehead atoms. The molecule has 0 aliphatic heterocycles. The number of carbonyl (C=O) groups is 1. The lowest BCUT2D eigenvalue weighted by atomic mass is 10.2. The van der Waals surface area contributed by atoms with Gasteiger partial charge in [0.25, 0.3) is 6.43 Å². The van der Waals surface area contributed by atoms with E-state index in [9.17, 15) is 18.0 Å². The maximum atomic E-state index is 13.5. The second-order valence-electron chi connectivity index (χ2n) is 3.61. The van der Waals surface area contributed by atoms with Crippen LogP contribution < -0.4 is 4.74 Å². The van der Waals surface area contributed by atoms with E-state index >= 15 is 0 Å². The summed E-state index contributed by atoms with van der Waals surface area (Å²) >= 11 is 0. The number of rotatable bonds is 4. The quantitative estimate of drug-likeness (QED) is 0.792. The van der Waals surface area contributed by atoms with Gasteiger partial charge in [-0.1, -0.05) is 6.07 Å². The molecule has 2 aromatic rings. The van der Waals surface area contributed by atoms with E-state index < -0.39 is 17.9 Å². The van der Waals surface area contributed by atoms with Gasteiger partial charge in [-0.25, -0.2) is 18.2 Å². The zero-order valence-corrected chi connectivity index (χ0v) is 9.52. The van der Waals surface area contributed by atoms with Crippen LogP contribution >= 0.6 is 0 Å².